The quantitative estimate of drug-likeness (QED) is 0.447. The number of nitro benzene ring substituents is 1. The van der Waals surface area contributed by atoms with Gasteiger partial charge in [-0.1, -0.05) is 0 Å². The topological polar surface area (TPSA) is 117 Å². The van der Waals surface area contributed by atoms with Crippen LogP contribution in [0.5, 0.6) is 5.75 Å². The van der Waals surface area contributed by atoms with Gasteiger partial charge in [0.2, 0.25) is 5.91 Å². The van der Waals surface area contributed by atoms with Crippen molar-refractivity contribution in [3.63, 3.8) is 0 Å². The molecule has 9 heteroatoms. The van der Waals surface area contributed by atoms with Crippen molar-refractivity contribution in [3.8, 4) is 5.75 Å². The summed E-state index contributed by atoms with van der Waals surface area (Å²) in [5.74, 6) is -0.650. The van der Waals surface area contributed by atoms with Crippen LogP contribution in [-0.2, 0) is 9.53 Å². The van der Waals surface area contributed by atoms with Crippen LogP contribution in [0.1, 0.15) is 12.0 Å². The van der Waals surface area contributed by atoms with Gasteiger partial charge in [-0.05, 0) is 12.1 Å². The number of amides is 1. The number of phenols is 1. The summed E-state index contributed by atoms with van der Waals surface area (Å²) in [5.41, 5.74) is 2.37. The van der Waals surface area contributed by atoms with E-state index in [9.17, 15) is 20.0 Å². The third-order valence-electron chi connectivity index (χ3n) is 3.36. The SMILES string of the molecule is O=C(CCN1CCOCC1)NN=Cc1ccc(O)c([N+](=O)[O-])c1. The number of hydrogen-bond donors (Lipinski definition) is 2. The number of carbonyl (C=O) groups excluding carboxylic acids is 1. The Hall–Kier alpha value is -2.52. The van der Waals surface area contributed by atoms with Crippen molar-refractivity contribution in [2.24, 2.45) is 5.10 Å². The minimum absolute atomic E-state index is 0.235. The number of phenolic OH excluding ortho intramolecular Hbond substituents is 1. The molecule has 1 aliphatic heterocycles. The molecule has 1 aliphatic rings. The zero-order chi connectivity index (χ0) is 16.7. The maximum atomic E-state index is 11.7. The van der Waals surface area contributed by atoms with E-state index in [1.54, 1.807) is 0 Å². The fraction of sp³-hybridized carbons (Fsp3) is 0.429. The number of ether oxygens (including phenoxy) is 1. The lowest BCUT2D eigenvalue weighted by atomic mass is 10.2. The Morgan fingerprint density at radius 1 is 1.48 bits per heavy atom. The molecule has 1 aromatic carbocycles. The molecule has 1 saturated heterocycles. The Morgan fingerprint density at radius 2 is 2.22 bits per heavy atom. The standard InChI is InChI=1S/C14H18N4O5/c19-13-2-1-11(9-12(13)18(21)22)10-15-16-14(20)3-4-17-5-7-23-8-6-17/h1-2,9-10,19H,3-8H2,(H,16,20). The van der Waals surface area contributed by atoms with Gasteiger partial charge in [-0.15, -0.1) is 0 Å². The first-order valence-electron chi connectivity index (χ1n) is 7.15. The lowest BCUT2D eigenvalue weighted by Gasteiger charge is -2.25. The van der Waals surface area contributed by atoms with Gasteiger partial charge in [0.05, 0.1) is 24.4 Å². The molecule has 1 heterocycles. The highest BCUT2D eigenvalue weighted by Gasteiger charge is 2.13. The molecule has 1 fully saturated rings. The number of hydrazone groups is 1. The number of nitro groups is 1. The molecule has 1 aromatic rings. The van der Waals surface area contributed by atoms with E-state index < -0.39 is 16.4 Å². The molecule has 124 valence electrons. The normalized spacial score (nSPS) is 15.7. The molecule has 0 spiro atoms. The fourth-order valence-corrected chi connectivity index (χ4v) is 2.09. The average molecular weight is 322 g/mol. The van der Waals surface area contributed by atoms with Crippen molar-refractivity contribution >= 4 is 17.8 Å². The third kappa shape index (κ3) is 5.31. The highest BCUT2D eigenvalue weighted by molar-refractivity contribution is 5.83. The van der Waals surface area contributed by atoms with Crippen LogP contribution >= 0.6 is 0 Å². The molecule has 0 saturated carbocycles. The minimum Gasteiger partial charge on any atom is -0.502 e. The number of nitrogens with one attached hydrogen (secondary N) is 1. The van der Waals surface area contributed by atoms with Crippen LogP contribution in [0.4, 0.5) is 5.69 Å². The molecule has 0 aliphatic carbocycles. The number of carbonyl (C=O) groups is 1. The molecule has 0 atom stereocenters. The van der Waals surface area contributed by atoms with Crippen LogP contribution in [0.3, 0.4) is 0 Å². The fourth-order valence-electron chi connectivity index (χ4n) is 2.09. The van der Waals surface area contributed by atoms with Crippen molar-refractivity contribution in [2.45, 2.75) is 6.42 Å². The third-order valence-corrected chi connectivity index (χ3v) is 3.36. The Kier molecular flexibility index (Phi) is 6.01. The molecule has 0 radical (unpaired) electrons. The lowest BCUT2D eigenvalue weighted by Crippen LogP contribution is -2.38. The Balaban J connectivity index is 1.80. The van der Waals surface area contributed by atoms with Crippen LogP contribution in [0.15, 0.2) is 23.3 Å². The molecular weight excluding hydrogens is 304 g/mol. The first-order valence-corrected chi connectivity index (χ1v) is 7.15. The summed E-state index contributed by atoms with van der Waals surface area (Å²) in [4.78, 5) is 23.8. The van der Waals surface area contributed by atoms with E-state index in [-0.39, 0.29) is 5.91 Å². The van der Waals surface area contributed by atoms with Crippen LogP contribution in [0.2, 0.25) is 0 Å². The zero-order valence-electron chi connectivity index (χ0n) is 12.5. The zero-order valence-corrected chi connectivity index (χ0v) is 12.5. The summed E-state index contributed by atoms with van der Waals surface area (Å²) in [6.45, 7) is 3.62. The first kappa shape index (κ1) is 16.8. The summed E-state index contributed by atoms with van der Waals surface area (Å²) in [5, 5.41) is 23.8. The number of benzene rings is 1. The van der Waals surface area contributed by atoms with Crippen molar-refractivity contribution < 1.29 is 19.6 Å². The molecule has 0 bridgehead atoms. The maximum absolute atomic E-state index is 11.7. The second kappa shape index (κ2) is 8.20. The van der Waals surface area contributed by atoms with E-state index in [2.05, 4.69) is 15.4 Å². The van der Waals surface area contributed by atoms with Crippen molar-refractivity contribution in [3.05, 3.63) is 33.9 Å². The monoisotopic (exact) mass is 322 g/mol. The van der Waals surface area contributed by atoms with E-state index in [0.717, 1.165) is 13.1 Å². The number of nitrogens with zero attached hydrogens (tertiary/aromatic N) is 3. The molecule has 0 unspecified atom stereocenters. The summed E-state index contributed by atoms with van der Waals surface area (Å²) in [6.07, 6.45) is 1.60. The Bertz CT molecular complexity index is 599. The van der Waals surface area contributed by atoms with E-state index in [1.807, 2.05) is 0 Å². The largest absolute Gasteiger partial charge is 0.502 e. The average Bonchev–Trinajstić information content (AvgIpc) is 2.55. The van der Waals surface area contributed by atoms with E-state index in [0.29, 0.717) is 31.7 Å². The van der Waals surface area contributed by atoms with Gasteiger partial charge in [0.15, 0.2) is 5.75 Å². The maximum Gasteiger partial charge on any atom is 0.311 e. The molecule has 2 N–H and O–H groups in total. The predicted octanol–water partition coefficient (Wildman–Crippen LogP) is 0.473. The highest BCUT2D eigenvalue weighted by atomic mass is 16.6. The number of rotatable bonds is 6. The molecule has 0 aromatic heterocycles. The predicted molar refractivity (Wildman–Crippen MR) is 82.4 cm³/mol. The van der Waals surface area contributed by atoms with Crippen molar-refractivity contribution in [1.82, 2.24) is 10.3 Å². The van der Waals surface area contributed by atoms with Gasteiger partial charge in [0.25, 0.3) is 0 Å². The molecule has 1 amide bonds. The van der Waals surface area contributed by atoms with Crippen LogP contribution in [-0.4, -0.2) is 59.9 Å². The summed E-state index contributed by atoms with van der Waals surface area (Å²) in [6, 6.07) is 3.85. The molecule has 2 rings (SSSR count). The van der Waals surface area contributed by atoms with E-state index in [4.69, 9.17) is 4.74 Å². The lowest BCUT2D eigenvalue weighted by molar-refractivity contribution is -0.385. The number of hydrogen-bond acceptors (Lipinski definition) is 7. The highest BCUT2D eigenvalue weighted by Crippen LogP contribution is 2.25. The van der Waals surface area contributed by atoms with Gasteiger partial charge in [-0.2, -0.15) is 5.10 Å². The van der Waals surface area contributed by atoms with Gasteiger partial charge < -0.3 is 9.84 Å². The minimum atomic E-state index is -0.687. The van der Waals surface area contributed by atoms with Crippen LogP contribution in [0.25, 0.3) is 0 Å². The van der Waals surface area contributed by atoms with Crippen LogP contribution in [0, 0.1) is 10.1 Å². The van der Waals surface area contributed by atoms with Gasteiger partial charge in [0.1, 0.15) is 0 Å². The van der Waals surface area contributed by atoms with Gasteiger partial charge in [-0.3, -0.25) is 19.8 Å². The molecule has 23 heavy (non-hydrogen) atoms. The first-order chi connectivity index (χ1) is 11.1. The van der Waals surface area contributed by atoms with Gasteiger partial charge in [-0.25, -0.2) is 5.43 Å². The van der Waals surface area contributed by atoms with Gasteiger partial charge >= 0.3 is 5.69 Å². The summed E-state index contributed by atoms with van der Waals surface area (Å²) in [7, 11) is 0. The van der Waals surface area contributed by atoms with E-state index >= 15 is 0 Å². The van der Waals surface area contributed by atoms with Crippen molar-refractivity contribution in [2.75, 3.05) is 32.8 Å². The van der Waals surface area contributed by atoms with Gasteiger partial charge in [0, 0.05) is 37.7 Å². The Morgan fingerprint density at radius 3 is 2.91 bits per heavy atom. The summed E-state index contributed by atoms with van der Waals surface area (Å²) < 4.78 is 5.22. The number of aromatic hydroxyl groups is 1. The Labute approximate surface area is 132 Å². The van der Waals surface area contributed by atoms with Crippen molar-refractivity contribution in [1.29, 1.82) is 0 Å². The second-order valence-corrected chi connectivity index (χ2v) is 5.00. The molecular formula is C14H18N4O5. The van der Waals surface area contributed by atoms with Crippen LogP contribution < -0.4 is 5.43 Å². The second-order valence-electron chi connectivity index (χ2n) is 5.00. The molecule has 9 nitrogen and oxygen atoms in total. The number of morpholine rings is 1. The smallest absolute Gasteiger partial charge is 0.311 e. The summed E-state index contributed by atoms with van der Waals surface area (Å²) >= 11 is 0. The van der Waals surface area contributed by atoms with E-state index in [1.165, 1.54) is 24.4 Å².